The molecule has 1 saturated heterocycles. The topological polar surface area (TPSA) is 12.0 Å². The van der Waals surface area contributed by atoms with E-state index < -0.39 is 5.41 Å². The van der Waals surface area contributed by atoms with Gasteiger partial charge < -0.3 is 5.32 Å². The number of nitrogens with one attached hydrogen (secondary N) is 1. The van der Waals surface area contributed by atoms with E-state index in [0.29, 0.717) is 12.5 Å². The van der Waals surface area contributed by atoms with E-state index in [-0.39, 0.29) is 5.92 Å². The third-order valence-electron chi connectivity index (χ3n) is 2.46. The van der Waals surface area contributed by atoms with Gasteiger partial charge in [0.25, 0.3) is 0 Å². The van der Waals surface area contributed by atoms with Gasteiger partial charge in [0.2, 0.25) is 0 Å². The van der Waals surface area contributed by atoms with Crippen LogP contribution in [0.5, 0.6) is 0 Å². The number of piperidine rings is 1. The molecule has 0 radical (unpaired) electrons. The Morgan fingerprint density at radius 3 is 2.67 bits per heavy atom. The lowest BCUT2D eigenvalue weighted by Gasteiger charge is -2.25. The summed E-state index contributed by atoms with van der Waals surface area (Å²) < 4.78 is 13.2. The molecule has 4 unspecified atom stereocenters. The smallest absolute Gasteiger partial charge is 0.129 e. The van der Waals surface area contributed by atoms with Gasteiger partial charge in [0, 0.05) is 24.9 Å². The second-order valence-corrected chi connectivity index (χ2v) is 4.13. The Hall–Kier alpha value is 0.320. The molecular weight excluding hydrogens is 136 g/mol. The first-order chi connectivity index (χ1) is 4.18. The van der Waals surface area contributed by atoms with Gasteiger partial charge in [-0.1, -0.05) is 9.24 Å². The fraction of sp³-hybridized carbons (Fsp3) is 1.00. The van der Waals surface area contributed by atoms with E-state index in [0.717, 1.165) is 13.0 Å². The van der Waals surface area contributed by atoms with Crippen LogP contribution < -0.4 is 5.32 Å². The van der Waals surface area contributed by atoms with E-state index in [9.17, 15) is 4.39 Å². The Morgan fingerprint density at radius 2 is 2.44 bits per heavy atom. The predicted octanol–water partition coefficient (Wildman–Crippen LogP) is 0.909. The first-order valence-electron chi connectivity index (χ1n) is 3.40. The number of hydrogen-bond acceptors (Lipinski definition) is 1. The van der Waals surface area contributed by atoms with Crippen LogP contribution in [0.15, 0.2) is 0 Å². The Bertz CT molecular complexity index is 137. The minimum absolute atomic E-state index is 0.271. The highest BCUT2D eigenvalue weighted by Gasteiger charge is 2.48. The molecule has 4 atom stereocenters. The summed E-state index contributed by atoms with van der Waals surface area (Å²) in [6.45, 7) is 0.880. The van der Waals surface area contributed by atoms with Crippen LogP contribution in [0.25, 0.3) is 0 Å². The molecule has 3 heteroatoms. The number of halogens is 1. The predicted molar refractivity (Wildman–Crippen MR) is 38.1 cm³/mol. The van der Waals surface area contributed by atoms with Crippen LogP contribution in [0, 0.1) is 5.92 Å². The van der Waals surface area contributed by atoms with Crippen LogP contribution in [0.4, 0.5) is 4.39 Å². The molecule has 2 fully saturated rings. The lowest BCUT2D eigenvalue weighted by atomic mass is 10.1. The van der Waals surface area contributed by atoms with Gasteiger partial charge in [-0.3, -0.25) is 0 Å². The maximum atomic E-state index is 13.2. The zero-order valence-corrected chi connectivity index (χ0v) is 6.39. The molecule has 0 spiro atoms. The summed E-state index contributed by atoms with van der Waals surface area (Å²) >= 11 is 0. The third-order valence-corrected chi connectivity index (χ3v) is 3.17. The zero-order chi connectivity index (χ0) is 6.48. The molecule has 2 bridgehead atoms. The first-order valence-corrected chi connectivity index (χ1v) is 3.97. The molecule has 52 valence electrons. The van der Waals surface area contributed by atoms with Gasteiger partial charge in [-0.05, 0) is 6.42 Å². The van der Waals surface area contributed by atoms with Crippen LogP contribution in [0.3, 0.4) is 0 Å². The number of rotatable bonds is 0. The fourth-order valence-electron chi connectivity index (χ4n) is 1.88. The average Bonchev–Trinajstić information content (AvgIpc) is 2.19. The molecular formula is C6H11FNP. The minimum atomic E-state index is -0.935. The van der Waals surface area contributed by atoms with Crippen LogP contribution in [0.1, 0.15) is 12.8 Å². The van der Waals surface area contributed by atoms with Crippen molar-refractivity contribution < 1.29 is 4.39 Å². The molecule has 0 aromatic heterocycles. The molecule has 0 amide bonds. The van der Waals surface area contributed by atoms with Crippen LogP contribution in [0.2, 0.25) is 0 Å². The molecule has 1 N–H and O–H groups in total. The fourth-order valence-corrected chi connectivity index (χ4v) is 2.42. The molecule has 1 aliphatic heterocycles. The summed E-state index contributed by atoms with van der Waals surface area (Å²) in [7, 11) is 2.34. The van der Waals surface area contributed by atoms with E-state index in [1.807, 2.05) is 0 Å². The van der Waals surface area contributed by atoms with Gasteiger partial charge in [-0.25, -0.2) is 4.39 Å². The Morgan fingerprint density at radius 1 is 1.67 bits per heavy atom. The van der Waals surface area contributed by atoms with Crippen molar-refractivity contribution in [2.45, 2.75) is 24.3 Å². The van der Waals surface area contributed by atoms with Crippen molar-refractivity contribution in [1.29, 1.82) is 0 Å². The summed E-state index contributed by atoms with van der Waals surface area (Å²) in [5.41, 5.74) is 0. The van der Waals surface area contributed by atoms with E-state index in [1.165, 1.54) is 0 Å². The van der Waals surface area contributed by atoms with E-state index >= 15 is 0 Å². The maximum absolute atomic E-state index is 13.2. The van der Waals surface area contributed by atoms with Crippen molar-refractivity contribution in [3.05, 3.63) is 0 Å². The van der Waals surface area contributed by atoms with Crippen LogP contribution in [-0.2, 0) is 0 Å². The highest BCUT2D eigenvalue weighted by Crippen LogP contribution is 2.47. The van der Waals surface area contributed by atoms with E-state index in [1.54, 1.807) is 0 Å². The highest BCUT2D eigenvalue weighted by atomic mass is 31.0. The molecule has 0 aromatic rings. The molecule has 1 saturated carbocycles. The number of alkyl halides is 1. The average molecular weight is 147 g/mol. The third kappa shape index (κ3) is 0.805. The van der Waals surface area contributed by atoms with Crippen molar-refractivity contribution in [3.8, 4) is 0 Å². The molecule has 9 heavy (non-hydrogen) atoms. The number of hydrogen-bond donors (Lipinski definition) is 1. The monoisotopic (exact) mass is 147 g/mol. The summed E-state index contributed by atoms with van der Waals surface area (Å²) in [5.74, 6) is 0.271. The highest BCUT2D eigenvalue weighted by molar-refractivity contribution is 7.18. The normalized spacial score (nSPS) is 56.7. The second-order valence-electron chi connectivity index (χ2n) is 3.17. The van der Waals surface area contributed by atoms with E-state index in [2.05, 4.69) is 14.6 Å². The Balaban J connectivity index is 2.18. The Kier molecular flexibility index (Phi) is 1.13. The SMILES string of the molecule is FC1(P)CC2CC1CN2. The zero-order valence-electron chi connectivity index (χ0n) is 5.23. The second kappa shape index (κ2) is 1.67. The standard InChI is InChI=1S/C6H11FNP/c7-6(9)2-5-1-4(6)3-8-5/h4-5,8H,1-3,9H2. The van der Waals surface area contributed by atoms with Crippen molar-refractivity contribution in [2.24, 2.45) is 5.92 Å². The molecule has 1 heterocycles. The quantitative estimate of drug-likeness (QED) is 0.502. The molecule has 2 aliphatic rings. The van der Waals surface area contributed by atoms with Gasteiger partial charge in [-0.15, -0.1) is 0 Å². The lowest BCUT2D eigenvalue weighted by molar-refractivity contribution is 0.201. The number of fused-ring (bicyclic) bond motifs is 2. The maximum Gasteiger partial charge on any atom is 0.129 e. The van der Waals surface area contributed by atoms with Gasteiger partial charge in [-0.2, -0.15) is 0 Å². The van der Waals surface area contributed by atoms with E-state index in [4.69, 9.17) is 0 Å². The Labute approximate surface area is 56.6 Å². The van der Waals surface area contributed by atoms with Gasteiger partial charge >= 0.3 is 0 Å². The van der Waals surface area contributed by atoms with Crippen molar-refractivity contribution in [2.75, 3.05) is 6.54 Å². The first kappa shape index (κ1) is 6.06. The van der Waals surface area contributed by atoms with Crippen LogP contribution >= 0.6 is 9.24 Å². The summed E-state index contributed by atoms with van der Waals surface area (Å²) in [4.78, 5) is 0. The largest absolute Gasteiger partial charge is 0.313 e. The van der Waals surface area contributed by atoms with Crippen LogP contribution in [-0.4, -0.2) is 18.0 Å². The lowest BCUT2D eigenvalue weighted by Crippen LogP contribution is -2.35. The van der Waals surface area contributed by atoms with Gasteiger partial charge in [0.1, 0.15) is 5.41 Å². The molecule has 1 aliphatic carbocycles. The van der Waals surface area contributed by atoms with Crippen molar-refractivity contribution in [1.82, 2.24) is 5.32 Å². The molecule has 2 rings (SSSR count). The summed E-state index contributed by atoms with van der Waals surface area (Å²) in [6, 6.07) is 0.470. The summed E-state index contributed by atoms with van der Waals surface area (Å²) in [6.07, 6.45) is 1.74. The summed E-state index contributed by atoms with van der Waals surface area (Å²) in [5, 5.41) is 2.32. The van der Waals surface area contributed by atoms with Gasteiger partial charge in [0.15, 0.2) is 0 Å². The minimum Gasteiger partial charge on any atom is -0.313 e. The van der Waals surface area contributed by atoms with Crippen molar-refractivity contribution in [3.63, 3.8) is 0 Å². The molecule has 1 nitrogen and oxygen atoms in total. The van der Waals surface area contributed by atoms with Crippen molar-refractivity contribution >= 4 is 9.24 Å². The van der Waals surface area contributed by atoms with Gasteiger partial charge in [0.05, 0.1) is 0 Å². The molecule has 0 aromatic carbocycles.